The molecule has 0 N–H and O–H groups in total. The monoisotopic (exact) mass is 329 g/mol. The summed E-state index contributed by atoms with van der Waals surface area (Å²) in [5.41, 5.74) is 1.64. The van der Waals surface area contributed by atoms with E-state index in [-0.39, 0.29) is 0 Å². The van der Waals surface area contributed by atoms with Gasteiger partial charge in [0.2, 0.25) is 0 Å². The maximum absolute atomic E-state index is 9.07. The summed E-state index contributed by atoms with van der Waals surface area (Å²) in [6, 6.07) is 11.6. The first-order valence-electron chi connectivity index (χ1n) is 6.38. The predicted molar refractivity (Wildman–Crippen MR) is 85.8 cm³/mol. The first kappa shape index (κ1) is 16.2. The van der Waals surface area contributed by atoms with Crippen LogP contribution >= 0.6 is 23.4 Å². The first-order valence-corrected chi connectivity index (χ1v) is 7.74. The smallest absolute Gasteiger partial charge is 0.160 e. The van der Waals surface area contributed by atoms with Crippen molar-refractivity contribution >= 4 is 23.4 Å². The van der Waals surface area contributed by atoms with E-state index >= 15 is 0 Å². The third-order valence-corrected chi connectivity index (χ3v) is 4.61. The summed E-state index contributed by atoms with van der Waals surface area (Å²) in [5, 5.41) is 18.6. The van der Waals surface area contributed by atoms with Gasteiger partial charge >= 0.3 is 0 Å². The molecule has 0 aliphatic rings. The summed E-state index contributed by atoms with van der Waals surface area (Å²) in [4.78, 5) is 4.70. The number of halogens is 1. The fourth-order valence-electron chi connectivity index (χ4n) is 1.84. The largest absolute Gasteiger partial charge is 0.497 e. The second-order valence-corrected chi connectivity index (χ2v) is 5.76. The van der Waals surface area contributed by atoms with Crippen molar-refractivity contribution in [2.24, 2.45) is 0 Å². The van der Waals surface area contributed by atoms with Crippen LogP contribution < -0.4 is 4.74 Å². The van der Waals surface area contributed by atoms with Crippen LogP contribution in [0.3, 0.4) is 0 Å². The van der Waals surface area contributed by atoms with Crippen molar-refractivity contribution in [1.29, 1.82) is 10.5 Å². The predicted octanol–water partition coefficient (Wildman–Crippen LogP) is 4.17. The van der Waals surface area contributed by atoms with Crippen molar-refractivity contribution in [3.63, 3.8) is 0 Å². The molecule has 1 heterocycles. The standard InChI is InChI=1S/C16H12ClN3OS/c1-21-13-4-2-11(3-5-13)10-22-16-14(12(6-18)7-19)8-20-9-15(16)17/h2-5,8-9,12H,10H2,1H3. The van der Waals surface area contributed by atoms with E-state index in [4.69, 9.17) is 26.9 Å². The highest BCUT2D eigenvalue weighted by molar-refractivity contribution is 7.98. The molecule has 0 saturated heterocycles. The van der Waals surface area contributed by atoms with Gasteiger partial charge in [-0.3, -0.25) is 4.98 Å². The minimum Gasteiger partial charge on any atom is -0.497 e. The molecule has 22 heavy (non-hydrogen) atoms. The molecule has 0 atom stereocenters. The molecule has 0 aliphatic heterocycles. The van der Waals surface area contributed by atoms with E-state index in [9.17, 15) is 0 Å². The average Bonchev–Trinajstić information content (AvgIpc) is 2.56. The second kappa shape index (κ2) is 7.70. The molecule has 0 unspecified atom stereocenters. The van der Waals surface area contributed by atoms with Crippen LogP contribution in [0, 0.1) is 22.7 Å². The van der Waals surface area contributed by atoms with E-state index in [0.717, 1.165) is 16.2 Å². The lowest BCUT2D eigenvalue weighted by atomic mass is 10.1. The molecule has 110 valence electrons. The Kier molecular flexibility index (Phi) is 5.66. The lowest BCUT2D eigenvalue weighted by Crippen LogP contribution is -1.97. The lowest BCUT2D eigenvalue weighted by molar-refractivity contribution is 0.414. The van der Waals surface area contributed by atoms with Crippen LogP contribution in [0.1, 0.15) is 17.0 Å². The minimum atomic E-state index is -0.871. The summed E-state index contributed by atoms with van der Waals surface area (Å²) < 4.78 is 5.12. The third-order valence-electron chi connectivity index (χ3n) is 2.99. The highest BCUT2D eigenvalue weighted by Crippen LogP contribution is 2.35. The van der Waals surface area contributed by atoms with E-state index in [1.165, 1.54) is 24.2 Å². The molecule has 6 heteroatoms. The Morgan fingerprint density at radius 3 is 2.50 bits per heavy atom. The summed E-state index contributed by atoms with van der Waals surface area (Å²) in [5.74, 6) is 0.597. The second-order valence-electron chi connectivity index (χ2n) is 4.37. The summed E-state index contributed by atoms with van der Waals surface area (Å²) >= 11 is 7.66. The first-order chi connectivity index (χ1) is 10.7. The van der Waals surface area contributed by atoms with E-state index in [1.807, 2.05) is 36.4 Å². The van der Waals surface area contributed by atoms with E-state index in [0.29, 0.717) is 16.3 Å². The van der Waals surface area contributed by atoms with Gasteiger partial charge in [0.25, 0.3) is 0 Å². The molecule has 0 radical (unpaired) electrons. The molecule has 0 spiro atoms. The minimum absolute atomic E-state index is 0.450. The van der Waals surface area contributed by atoms with Crippen LogP contribution in [0.2, 0.25) is 5.02 Å². The van der Waals surface area contributed by atoms with Crippen LogP contribution in [0.15, 0.2) is 41.6 Å². The van der Waals surface area contributed by atoms with Gasteiger partial charge in [0, 0.05) is 28.6 Å². The van der Waals surface area contributed by atoms with Gasteiger partial charge in [-0.15, -0.1) is 11.8 Å². The fraction of sp³-hybridized carbons (Fsp3) is 0.188. The molecule has 1 aromatic carbocycles. The van der Waals surface area contributed by atoms with Gasteiger partial charge in [-0.2, -0.15) is 10.5 Å². The van der Waals surface area contributed by atoms with Gasteiger partial charge in [-0.05, 0) is 17.7 Å². The third kappa shape index (κ3) is 3.71. The van der Waals surface area contributed by atoms with Crippen molar-refractivity contribution < 1.29 is 4.74 Å². The number of ether oxygens (including phenoxy) is 1. The zero-order valence-electron chi connectivity index (χ0n) is 11.8. The summed E-state index contributed by atoms with van der Waals surface area (Å²) in [6.45, 7) is 0. The molecule has 0 bridgehead atoms. The van der Waals surface area contributed by atoms with Crippen molar-refractivity contribution in [3.8, 4) is 17.9 Å². The van der Waals surface area contributed by atoms with Crippen molar-refractivity contribution in [3.05, 3.63) is 52.8 Å². The number of pyridine rings is 1. The van der Waals surface area contributed by atoms with Crippen molar-refractivity contribution in [2.45, 2.75) is 16.6 Å². The summed E-state index contributed by atoms with van der Waals surface area (Å²) in [7, 11) is 1.62. The van der Waals surface area contributed by atoms with Crippen molar-refractivity contribution in [2.75, 3.05) is 7.11 Å². The molecule has 1 aromatic heterocycles. The molecular weight excluding hydrogens is 318 g/mol. The number of methoxy groups -OCH3 is 1. The molecule has 2 aromatic rings. The SMILES string of the molecule is COc1ccc(CSc2c(Cl)cncc2C(C#N)C#N)cc1. The van der Waals surface area contributed by atoms with Gasteiger partial charge in [0.05, 0.1) is 24.3 Å². The molecule has 0 amide bonds. The number of hydrogen-bond acceptors (Lipinski definition) is 5. The van der Waals surface area contributed by atoms with Crippen LogP contribution in [-0.4, -0.2) is 12.1 Å². The Morgan fingerprint density at radius 1 is 1.23 bits per heavy atom. The number of thioether (sulfide) groups is 1. The maximum Gasteiger partial charge on any atom is 0.160 e. The summed E-state index contributed by atoms with van der Waals surface area (Å²) in [6.07, 6.45) is 3.05. The zero-order valence-corrected chi connectivity index (χ0v) is 13.4. The van der Waals surface area contributed by atoms with E-state index < -0.39 is 5.92 Å². The van der Waals surface area contributed by atoms with E-state index in [1.54, 1.807) is 7.11 Å². The van der Waals surface area contributed by atoms with Crippen LogP contribution in [0.5, 0.6) is 5.75 Å². The van der Waals surface area contributed by atoms with Gasteiger partial charge in [0.1, 0.15) is 5.75 Å². The molecule has 0 saturated carbocycles. The van der Waals surface area contributed by atoms with Crippen LogP contribution in [-0.2, 0) is 5.75 Å². The Balaban J connectivity index is 2.22. The highest BCUT2D eigenvalue weighted by atomic mass is 35.5. The topological polar surface area (TPSA) is 69.7 Å². The number of hydrogen-bond donors (Lipinski definition) is 0. The Morgan fingerprint density at radius 2 is 1.91 bits per heavy atom. The zero-order chi connectivity index (χ0) is 15.9. The quantitative estimate of drug-likeness (QED) is 0.770. The average molecular weight is 330 g/mol. The number of benzene rings is 1. The normalized spacial score (nSPS) is 10.0. The number of aromatic nitrogens is 1. The molecule has 0 fully saturated rings. The molecule has 0 aliphatic carbocycles. The highest BCUT2D eigenvalue weighted by Gasteiger charge is 2.17. The van der Waals surface area contributed by atoms with Crippen LogP contribution in [0.25, 0.3) is 0 Å². The Bertz CT molecular complexity index is 721. The molecular formula is C16H12ClN3OS. The van der Waals surface area contributed by atoms with Gasteiger partial charge in [-0.25, -0.2) is 0 Å². The number of nitrogens with zero attached hydrogens (tertiary/aromatic N) is 3. The van der Waals surface area contributed by atoms with E-state index in [2.05, 4.69) is 4.98 Å². The van der Waals surface area contributed by atoms with Gasteiger partial charge < -0.3 is 4.74 Å². The van der Waals surface area contributed by atoms with Crippen molar-refractivity contribution in [1.82, 2.24) is 4.98 Å². The number of rotatable bonds is 5. The Labute approximate surface area is 138 Å². The maximum atomic E-state index is 9.07. The molecule has 4 nitrogen and oxygen atoms in total. The fourth-order valence-corrected chi connectivity index (χ4v) is 3.20. The Hall–Kier alpha value is -2.21. The van der Waals surface area contributed by atoms with Gasteiger partial charge in [0.15, 0.2) is 5.92 Å². The van der Waals surface area contributed by atoms with Crippen LogP contribution in [0.4, 0.5) is 0 Å². The van der Waals surface area contributed by atoms with Gasteiger partial charge in [-0.1, -0.05) is 23.7 Å². The molecule has 2 rings (SSSR count). The number of nitriles is 2. The lowest BCUT2D eigenvalue weighted by Gasteiger charge is -2.11.